The van der Waals surface area contributed by atoms with Crippen LogP contribution in [0.3, 0.4) is 0 Å². The van der Waals surface area contributed by atoms with Gasteiger partial charge in [-0.15, -0.1) is 0 Å². The molecule has 1 aliphatic rings. The van der Waals surface area contributed by atoms with E-state index in [0.717, 1.165) is 6.42 Å². The zero-order valence-corrected chi connectivity index (χ0v) is 12.1. The molecular weight excluding hydrogens is 238 g/mol. The fourth-order valence-corrected chi connectivity index (χ4v) is 1.65. The van der Waals surface area contributed by atoms with Gasteiger partial charge in [0.25, 0.3) is 0 Å². The Kier molecular flexibility index (Phi) is 4.55. The Balaban J connectivity index is 3.03. The van der Waals surface area contributed by atoms with Gasteiger partial charge in [-0.3, -0.25) is 5.01 Å². The van der Waals surface area contributed by atoms with Gasteiger partial charge in [0, 0.05) is 6.54 Å². The molecule has 0 aromatic heterocycles. The van der Waals surface area contributed by atoms with Gasteiger partial charge < -0.3 is 5.11 Å². The molecule has 0 bridgehead atoms. The number of nitrogens with zero attached hydrogens (tertiary/aromatic N) is 3. The number of hydrogen-bond donors (Lipinski definition) is 1. The normalized spacial score (nSPS) is 16.9. The van der Waals surface area contributed by atoms with Gasteiger partial charge >= 0.3 is 0 Å². The number of nitriles is 1. The molecule has 4 heteroatoms. The molecule has 1 aliphatic heterocycles. The smallest absolute Gasteiger partial charge is 0.163 e. The van der Waals surface area contributed by atoms with Crippen molar-refractivity contribution in [1.82, 2.24) is 5.01 Å². The Morgan fingerprint density at radius 1 is 1.47 bits per heavy atom. The van der Waals surface area contributed by atoms with Crippen molar-refractivity contribution in [2.24, 2.45) is 10.5 Å². The average molecular weight is 259 g/mol. The number of hydrazone groups is 1. The van der Waals surface area contributed by atoms with Gasteiger partial charge in [0.2, 0.25) is 0 Å². The first-order chi connectivity index (χ1) is 8.80. The summed E-state index contributed by atoms with van der Waals surface area (Å²) >= 11 is 0. The second-order valence-corrected chi connectivity index (χ2v) is 5.70. The molecule has 0 unspecified atom stereocenters. The Labute approximate surface area is 115 Å². The van der Waals surface area contributed by atoms with Gasteiger partial charge in [0.1, 0.15) is 17.4 Å². The molecule has 1 rings (SSSR count). The molecule has 0 saturated heterocycles. The molecule has 4 nitrogen and oxygen atoms in total. The molecule has 0 amide bonds. The van der Waals surface area contributed by atoms with Crippen LogP contribution >= 0.6 is 0 Å². The SMILES string of the molecule is C=C1C(C#N)=C(O)C(/C=C\C)=NN1CCC(C)(C)C. The number of rotatable bonds is 3. The molecule has 0 radical (unpaired) electrons. The van der Waals surface area contributed by atoms with E-state index in [1.807, 2.05) is 13.0 Å². The summed E-state index contributed by atoms with van der Waals surface area (Å²) in [5.74, 6) is -0.0994. The number of hydrogen-bond acceptors (Lipinski definition) is 4. The van der Waals surface area contributed by atoms with E-state index in [-0.39, 0.29) is 16.7 Å². The maximum Gasteiger partial charge on any atom is 0.163 e. The first kappa shape index (κ1) is 15.0. The lowest BCUT2D eigenvalue weighted by molar-refractivity contribution is 0.277. The monoisotopic (exact) mass is 259 g/mol. The lowest BCUT2D eigenvalue weighted by Gasteiger charge is -2.29. The zero-order valence-electron chi connectivity index (χ0n) is 12.1. The zero-order chi connectivity index (χ0) is 14.6. The fraction of sp³-hybridized carbons (Fsp3) is 0.467. The van der Waals surface area contributed by atoms with Crippen LogP contribution in [0.2, 0.25) is 0 Å². The molecule has 1 heterocycles. The van der Waals surface area contributed by atoms with Crippen molar-refractivity contribution in [2.75, 3.05) is 6.54 Å². The second-order valence-electron chi connectivity index (χ2n) is 5.70. The van der Waals surface area contributed by atoms with Gasteiger partial charge in [-0.1, -0.05) is 33.4 Å². The van der Waals surface area contributed by atoms with E-state index in [9.17, 15) is 5.11 Å². The van der Waals surface area contributed by atoms with Gasteiger partial charge in [-0.2, -0.15) is 10.4 Å². The predicted octanol–water partition coefficient (Wildman–Crippen LogP) is 3.52. The van der Waals surface area contributed by atoms with E-state index in [0.29, 0.717) is 18.0 Å². The molecule has 0 saturated carbocycles. The van der Waals surface area contributed by atoms with Crippen LogP contribution in [0.15, 0.2) is 40.9 Å². The van der Waals surface area contributed by atoms with Gasteiger partial charge in [-0.05, 0) is 24.8 Å². The minimum atomic E-state index is -0.0994. The van der Waals surface area contributed by atoms with Crippen molar-refractivity contribution in [3.05, 3.63) is 35.8 Å². The van der Waals surface area contributed by atoms with E-state index in [4.69, 9.17) is 5.26 Å². The standard InChI is InChI=1S/C15H21N3O/c1-6-7-13-14(19)12(10-16)11(2)18(17-13)9-8-15(3,4)5/h6-7,19H,2,8-9H2,1,3-5H3/b7-6-. The van der Waals surface area contributed by atoms with E-state index < -0.39 is 0 Å². The van der Waals surface area contributed by atoms with Gasteiger partial charge in [0.15, 0.2) is 5.76 Å². The van der Waals surface area contributed by atoms with Crippen molar-refractivity contribution in [3.63, 3.8) is 0 Å². The largest absolute Gasteiger partial charge is 0.504 e. The summed E-state index contributed by atoms with van der Waals surface area (Å²) in [6, 6.07) is 1.99. The molecule has 1 N–H and O–H groups in total. The van der Waals surface area contributed by atoms with Crippen LogP contribution in [0.5, 0.6) is 0 Å². The topological polar surface area (TPSA) is 59.6 Å². The van der Waals surface area contributed by atoms with Crippen molar-refractivity contribution in [1.29, 1.82) is 5.26 Å². The van der Waals surface area contributed by atoms with Crippen LogP contribution < -0.4 is 0 Å². The average Bonchev–Trinajstić information content (AvgIpc) is 2.31. The van der Waals surface area contributed by atoms with E-state index in [1.165, 1.54) is 0 Å². The minimum Gasteiger partial charge on any atom is -0.504 e. The Morgan fingerprint density at radius 3 is 2.58 bits per heavy atom. The summed E-state index contributed by atoms with van der Waals surface area (Å²) in [7, 11) is 0. The third-order valence-corrected chi connectivity index (χ3v) is 2.82. The molecule has 0 aromatic rings. The molecule has 0 spiro atoms. The van der Waals surface area contributed by atoms with Crippen molar-refractivity contribution < 1.29 is 5.11 Å². The first-order valence-corrected chi connectivity index (χ1v) is 6.32. The van der Waals surface area contributed by atoms with Crippen LogP contribution in [0.25, 0.3) is 0 Å². The summed E-state index contributed by atoms with van der Waals surface area (Å²) in [6.07, 6.45) is 4.38. The molecule has 0 atom stereocenters. The van der Waals surface area contributed by atoms with Crippen LogP contribution in [-0.4, -0.2) is 22.4 Å². The summed E-state index contributed by atoms with van der Waals surface area (Å²) in [4.78, 5) is 0. The highest BCUT2D eigenvalue weighted by molar-refractivity contribution is 6.08. The van der Waals surface area contributed by atoms with E-state index >= 15 is 0 Å². The molecule has 102 valence electrons. The third-order valence-electron chi connectivity index (χ3n) is 2.82. The van der Waals surface area contributed by atoms with E-state index in [1.54, 1.807) is 17.2 Å². The Hall–Kier alpha value is -2.02. The highest BCUT2D eigenvalue weighted by Gasteiger charge is 2.25. The van der Waals surface area contributed by atoms with Crippen LogP contribution in [0.1, 0.15) is 34.1 Å². The molecular formula is C15H21N3O. The maximum atomic E-state index is 9.96. The van der Waals surface area contributed by atoms with Gasteiger partial charge in [0.05, 0.1) is 5.70 Å². The van der Waals surface area contributed by atoms with Crippen LogP contribution in [0, 0.1) is 16.7 Å². The molecule has 19 heavy (non-hydrogen) atoms. The summed E-state index contributed by atoms with van der Waals surface area (Å²) in [5, 5.41) is 25.1. The van der Waals surface area contributed by atoms with Crippen molar-refractivity contribution in [2.45, 2.75) is 34.1 Å². The molecule has 0 fully saturated rings. The van der Waals surface area contributed by atoms with Crippen LogP contribution in [0.4, 0.5) is 0 Å². The van der Waals surface area contributed by atoms with Gasteiger partial charge in [-0.25, -0.2) is 0 Å². The third kappa shape index (κ3) is 3.72. The fourth-order valence-electron chi connectivity index (χ4n) is 1.65. The lowest BCUT2D eigenvalue weighted by Crippen LogP contribution is -2.28. The van der Waals surface area contributed by atoms with Crippen molar-refractivity contribution in [3.8, 4) is 6.07 Å². The second kappa shape index (κ2) is 5.75. The first-order valence-electron chi connectivity index (χ1n) is 6.32. The maximum absolute atomic E-state index is 9.96. The Morgan fingerprint density at radius 2 is 2.11 bits per heavy atom. The quantitative estimate of drug-likeness (QED) is 0.843. The number of aliphatic hydroxyl groups excluding tert-OH is 1. The highest BCUT2D eigenvalue weighted by Crippen LogP contribution is 2.26. The summed E-state index contributed by atoms with van der Waals surface area (Å²) in [6.45, 7) is 12.8. The molecule has 0 aliphatic carbocycles. The van der Waals surface area contributed by atoms with Crippen molar-refractivity contribution >= 4 is 5.71 Å². The Bertz CT molecular complexity index is 498. The van der Waals surface area contributed by atoms with Crippen LogP contribution in [-0.2, 0) is 0 Å². The highest BCUT2D eigenvalue weighted by atomic mass is 16.3. The number of allylic oxidation sites excluding steroid dienone is 3. The predicted molar refractivity (Wildman–Crippen MR) is 77.4 cm³/mol. The summed E-state index contributed by atoms with van der Waals surface area (Å²) < 4.78 is 0. The lowest BCUT2D eigenvalue weighted by atomic mass is 9.92. The molecule has 0 aromatic carbocycles. The number of aliphatic hydroxyl groups is 1. The van der Waals surface area contributed by atoms with E-state index in [2.05, 4.69) is 32.5 Å². The minimum absolute atomic E-state index is 0.0994. The summed E-state index contributed by atoms with van der Waals surface area (Å²) in [5.41, 5.74) is 1.22.